The second-order valence-corrected chi connectivity index (χ2v) is 5.27. The lowest BCUT2D eigenvalue weighted by Crippen LogP contribution is -2.10. The van der Waals surface area contributed by atoms with Crippen molar-refractivity contribution in [2.45, 2.75) is 19.9 Å². The molecule has 19 heavy (non-hydrogen) atoms. The van der Waals surface area contributed by atoms with Crippen LogP contribution in [0.5, 0.6) is 12.0 Å². The van der Waals surface area contributed by atoms with Gasteiger partial charge in [0.05, 0.1) is 20.3 Å². The summed E-state index contributed by atoms with van der Waals surface area (Å²) >= 11 is 1.74. The zero-order valence-corrected chi connectivity index (χ0v) is 12.1. The topological polar surface area (TPSA) is 69.2 Å². The molecule has 1 N–H and O–H groups in total. The number of aryl methyl sites for hydroxylation is 1. The molecule has 2 aromatic rings. The Hall–Kier alpha value is -1.89. The summed E-state index contributed by atoms with van der Waals surface area (Å²) in [6.45, 7) is 4.13. The molecule has 0 aromatic carbocycles. The van der Waals surface area contributed by atoms with Crippen molar-refractivity contribution < 1.29 is 9.47 Å². The highest BCUT2D eigenvalue weighted by Crippen LogP contribution is 2.25. The van der Waals surface area contributed by atoms with E-state index >= 15 is 0 Å². The third-order valence-electron chi connectivity index (χ3n) is 2.49. The van der Waals surface area contributed by atoms with Crippen LogP contribution in [-0.2, 0) is 0 Å². The summed E-state index contributed by atoms with van der Waals surface area (Å²) in [6, 6.07) is 4.74. The van der Waals surface area contributed by atoms with Gasteiger partial charge in [-0.1, -0.05) is 0 Å². The molecule has 2 heterocycles. The highest BCUT2D eigenvalue weighted by molar-refractivity contribution is 7.12. The molecule has 1 atom stereocenters. The average Bonchev–Trinajstić information content (AvgIpc) is 2.85. The summed E-state index contributed by atoms with van der Waals surface area (Å²) in [5.41, 5.74) is 0. The van der Waals surface area contributed by atoms with Crippen molar-refractivity contribution in [3.63, 3.8) is 0 Å². The average molecular weight is 280 g/mol. The van der Waals surface area contributed by atoms with Crippen LogP contribution >= 0.6 is 11.3 Å². The molecule has 0 fully saturated rings. The fraction of sp³-hybridized carbons (Fsp3) is 0.417. The Kier molecular flexibility index (Phi) is 4.16. The minimum Gasteiger partial charge on any atom is -0.467 e. The van der Waals surface area contributed by atoms with Crippen molar-refractivity contribution in [2.24, 2.45) is 0 Å². The molecule has 7 heteroatoms. The summed E-state index contributed by atoms with van der Waals surface area (Å²) in [5.74, 6) is 0.433. The Morgan fingerprint density at radius 2 is 1.74 bits per heavy atom. The van der Waals surface area contributed by atoms with Crippen molar-refractivity contribution >= 4 is 17.3 Å². The molecule has 2 rings (SSSR count). The van der Waals surface area contributed by atoms with E-state index in [0.29, 0.717) is 5.95 Å². The lowest BCUT2D eigenvalue weighted by Gasteiger charge is -2.12. The van der Waals surface area contributed by atoms with Gasteiger partial charge in [-0.2, -0.15) is 9.97 Å². The van der Waals surface area contributed by atoms with Gasteiger partial charge < -0.3 is 14.8 Å². The van der Waals surface area contributed by atoms with Gasteiger partial charge in [-0.3, -0.25) is 0 Å². The molecule has 0 saturated heterocycles. The first-order valence-electron chi connectivity index (χ1n) is 5.79. The normalized spacial score (nSPS) is 12.0. The van der Waals surface area contributed by atoms with Gasteiger partial charge in [-0.05, 0) is 26.0 Å². The van der Waals surface area contributed by atoms with Crippen LogP contribution in [0.2, 0.25) is 0 Å². The van der Waals surface area contributed by atoms with E-state index in [-0.39, 0.29) is 18.1 Å². The largest absolute Gasteiger partial charge is 0.467 e. The number of thiophene rings is 1. The van der Waals surface area contributed by atoms with Crippen molar-refractivity contribution in [1.29, 1.82) is 0 Å². The maximum Gasteiger partial charge on any atom is 0.324 e. The van der Waals surface area contributed by atoms with Crippen LogP contribution in [0, 0.1) is 6.92 Å². The summed E-state index contributed by atoms with van der Waals surface area (Å²) in [7, 11) is 3.01. The maximum absolute atomic E-state index is 5.01. The molecule has 0 radical (unpaired) electrons. The van der Waals surface area contributed by atoms with E-state index in [1.807, 2.05) is 6.92 Å². The lowest BCUT2D eigenvalue weighted by atomic mass is 10.3. The quantitative estimate of drug-likeness (QED) is 0.907. The van der Waals surface area contributed by atoms with Gasteiger partial charge in [-0.15, -0.1) is 16.3 Å². The number of nitrogens with zero attached hydrogens (tertiary/aromatic N) is 3. The summed E-state index contributed by atoms with van der Waals surface area (Å²) in [4.78, 5) is 14.7. The van der Waals surface area contributed by atoms with Gasteiger partial charge in [0.2, 0.25) is 5.95 Å². The molecule has 0 amide bonds. The first-order chi connectivity index (χ1) is 9.12. The summed E-state index contributed by atoms with van der Waals surface area (Å²) < 4.78 is 10.0. The van der Waals surface area contributed by atoms with Gasteiger partial charge in [0.25, 0.3) is 0 Å². The predicted octanol–water partition coefficient (Wildman–Crippen LogP) is 2.43. The number of rotatable bonds is 5. The van der Waals surface area contributed by atoms with Gasteiger partial charge in [0.15, 0.2) is 0 Å². The predicted molar refractivity (Wildman–Crippen MR) is 74.0 cm³/mol. The Balaban J connectivity index is 2.18. The molecule has 0 bridgehead atoms. The van der Waals surface area contributed by atoms with E-state index in [1.54, 1.807) is 11.3 Å². The van der Waals surface area contributed by atoms with E-state index in [0.717, 1.165) is 0 Å². The minimum atomic E-state index is 0.107. The van der Waals surface area contributed by atoms with E-state index in [4.69, 9.17) is 9.47 Å². The Bertz CT molecular complexity index is 536. The number of anilines is 1. The molecular formula is C12H16N4O2S. The van der Waals surface area contributed by atoms with Gasteiger partial charge in [0.1, 0.15) is 0 Å². The number of hydrogen-bond donors (Lipinski definition) is 1. The molecule has 0 saturated carbocycles. The Morgan fingerprint density at radius 1 is 1.11 bits per heavy atom. The second kappa shape index (κ2) is 5.83. The number of hydrogen-bond acceptors (Lipinski definition) is 7. The summed E-state index contributed by atoms with van der Waals surface area (Å²) in [6.07, 6.45) is 0. The monoisotopic (exact) mass is 280 g/mol. The Labute approximate surface area is 115 Å². The first kappa shape index (κ1) is 13.5. The standard InChI is InChI=1S/C12H16N4O2S/c1-7-5-6-9(19-7)8(2)13-10-14-11(17-3)16-12(15-10)18-4/h5-6,8H,1-4H3,(H,13,14,15,16). The fourth-order valence-electron chi connectivity index (χ4n) is 1.54. The van der Waals surface area contributed by atoms with Crippen molar-refractivity contribution in [2.75, 3.05) is 19.5 Å². The number of methoxy groups -OCH3 is 2. The Morgan fingerprint density at radius 3 is 2.21 bits per heavy atom. The molecule has 0 aliphatic heterocycles. The number of ether oxygens (including phenoxy) is 2. The number of aromatic nitrogens is 3. The fourth-order valence-corrected chi connectivity index (χ4v) is 2.42. The van der Waals surface area contributed by atoms with Gasteiger partial charge in [-0.25, -0.2) is 0 Å². The second-order valence-electron chi connectivity index (χ2n) is 3.95. The summed E-state index contributed by atoms with van der Waals surface area (Å²) in [5, 5.41) is 3.21. The molecule has 2 aromatic heterocycles. The lowest BCUT2D eigenvalue weighted by molar-refractivity contribution is 0.341. The van der Waals surface area contributed by atoms with Crippen LogP contribution in [0.1, 0.15) is 22.7 Å². The van der Waals surface area contributed by atoms with Gasteiger partial charge in [0, 0.05) is 9.75 Å². The molecule has 1 unspecified atom stereocenters. The van der Waals surface area contributed by atoms with Crippen LogP contribution in [0.25, 0.3) is 0 Å². The van der Waals surface area contributed by atoms with Crippen LogP contribution in [0.15, 0.2) is 12.1 Å². The third kappa shape index (κ3) is 3.31. The first-order valence-corrected chi connectivity index (χ1v) is 6.61. The van der Waals surface area contributed by atoms with Crippen molar-refractivity contribution in [1.82, 2.24) is 15.0 Å². The zero-order valence-electron chi connectivity index (χ0n) is 11.3. The van der Waals surface area contributed by atoms with Gasteiger partial charge >= 0.3 is 12.0 Å². The third-order valence-corrected chi connectivity index (χ3v) is 3.68. The van der Waals surface area contributed by atoms with Crippen LogP contribution in [-0.4, -0.2) is 29.2 Å². The zero-order chi connectivity index (χ0) is 13.8. The minimum absolute atomic E-state index is 0.107. The SMILES string of the molecule is COc1nc(NC(C)c2ccc(C)s2)nc(OC)n1. The maximum atomic E-state index is 5.01. The van der Waals surface area contributed by atoms with Crippen molar-refractivity contribution in [3.05, 3.63) is 21.9 Å². The molecule has 0 spiro atoms. The molecule has 6 nitrogen and oxygen atoms in total. The van der Waals surface area contributed by atoms with Crippen LogP contribution in [0.4, 0.5) is 5.95 Å². The molecule has 0 aliphatic carbocycles. The molecule has 102 valence electrons. The van der Waals surface area contributed by atoms with Crippen molar-refractivity contribution in [3.8, 4) is 12.0 Å². The highest BCUT2D eigenvalue weighted by Gasteiger charge is 2.12. The van der Waals surface area contributed by atoms with Crippen LogP contribution in [0.3, 0.4) is 0 Å². The van der Waals surface area contributed by atoms with E-state index < -0.39 is 0 Å². The van der Waals surface area contributed by atoms with E-state index in [9.17, 15) is 0 Å². The molecular weight excluding hydrogens is 264 g/mol. The smallest absolute Gasteiger partial charge is 0.324 e. The van der Waals surface area contributed by atoms with E-state index in [2.05, 4.69) is 39.3 Å². The highest BCUT2D eigenvalue weighted by atomic mass is 32.1. The van der Waals surface area contributed by atoms with Crippen LogP contribution < -0.4 is 14.8 Å². The van der Waals surface area contributed by atoms with E-state index in [1.165, 1.54) is 24.0 Å². The molecule has 0 aliphatic rings. The number of nitrogens with one attached hydrogen (secondary N) is 1.